The Labute approximate surface area is 114 Å². The molecule has 1 aliphatic heterocycles. The highest BCUT2D eigenvalue weighted by Crippen LogP contribution is 2.19. The second-order valence-electron chi connectivity index (χ2n) is 5.03. The van der Waals surface area contributed by atoms with Gasteiger partial charge in [-0.1, -0.05) is 12.1 Å². The quantitative estimate of drug-likeness (QED) is 0.845. The summed E-state index contributed by atoms with van der Waals surface area (Å²) in [6.07, 6.45) is 1.73. The molecule has 2 rings (SSSR count). The Bertz CT molecular complexity index is 416. The Morgan fingerprint density at radius 2 is 2.11 bits per heavy atom. The van der Waals surface area contributed by atoms with Gasteiger partial charge in [0.15, 0.2) is 0 Å². The highest BCUT2D eigenvalue weighted by atomic mass is 16.5. The standard InChI is InChI=1S/C15H21NO3/c1-11-9-13(7-8-16-11)15(17)19-10-12-3-5-14(18-2)6-4-12/h3-6,11,13,16H,7-10H2,1-2H3. The number of carbonyl (C=O) groups excluding carboxylic acids is 1. The summed E-state index contributed by atoms with van der Waals surface area (Å²) in [6.45, 7) is 3.33. The van der Waals surface area contributed by atoms with Crippen molar-refractivity contribution < 1.29 is 14.3 Å². The minimum Gasteiger partial charge on any atom is -0.497 e. The minimum absolute atomic E-state index is 0.0366. The molecular weight excluding hydrogens is 242 g/mol. The van der Waals surface area contributed by atoms with E-state index in [0.29, 0.717) is 12.6 Å². The van der Waals surface area contributed by atoms with Gasteiger partial charge in [-0.25, -0.2) is 0 Å². The molecule has 4 nitrogen and oxygen atoms in total. The molecule has 2 unspecified atom stereocenters. The second kappa shape index (κ2) is 6.57. The molecule has 0 radical (unpaired) electrons. The van der Waals surface area contributed by atoms with Crippen LogP contribution < -0.4 is 10.1 Å². The molecule has 1 heterocycles. The number of esters is 1. The molecule has 0 bridgehead atoms. The predicted octanol–water partition coefficient (Wildman–Crippen LogP) is 2.13. The van der Waals surface area contributed by atoms with Crippen molar-refractivity contribution in [3.63, 3.8) is 0 Å². The molecule has 0 aromatic heterocycles. The van der Waals surface area contributed by atoms with Crippen LogP contribution in [-0.4, -0.2) is 25.7 Å². The summed E-state index contributed by atoms with van der Waals surface area (Å²) in [5, 5.41) is 3.33. The lowest BCUT2D eigenvalue weighted by Gasteiger charge is -2.26. The molecule has 0 amide bonds. The number of hydrogen-bond donors (Lipinski definition) is 1. The highest BCUT2D eigenvalue weighted by molar-refractivity contribution is 5.72. The molecule has 1 aromatic rings. The highest BCUT2D eigenvalue weighted by Gasteiger charge is 2.25. The Morgan fingerprint density at radius 1 is 1.37 bits per heavy atom. The number of methoxy groups -OCH3 is 1. The number of hydrogen-bond acceptors (Lipinski definition) is 4. The lowest BCUT2D eigenvalue weighted by atomic mass is 9.93. The summed E-state index contributed by atoms with van der Waals surface area (Å²) in [7, 11) is 1.63. The lowest BCUT2D eigenvalue weighted by Crippen LogP contribution is -2.39. The monoisotopic (exact) mass is 263 g/mol. The SMILES string of the molecule is COc1ccc(COC(=O)C2CCNC(C)C2)cc1. The van der Waals surface area contributed by atoms with Gasteiger partial charge in [-0.15, -0.1) is 0 Å². The van der Waals surface area contributed by atoms with Gasteiger partial charge in [-0.3, -0.25) is 4.79 Å². The number of benzene rings is 1. The fourth-order valence-electron chi connectivity index (χ4n) is 2.34. The maximum atomic E-state index is 12.0. The van der Waals surface area contributed by atoms with Gasteiger partial charge in [0.1, 0.15) is 12.4 Å². The van der Waals surface area contributed by atoms with E-state index in [1.807, 2.05) is 24.3 Å². The Hall–Kier alpha value is -1.55. The third kappa shape index (κ3) is 3.96. The maximum Gasteiger partial charge on any atom is 0.309 e. The average Bonchev–Trinajstić information content (AvgIpc) is 2.45. The fraction of sp³-hybridized carbons (Fsp3) is 0.533. The van der Waals surface area contributed by atoms with E-state index in [1.165, 1.54) is 0 Å². The molecule has 0 spiro atoms. The van der Waals surface area contributed by atoms with Gasteiger partial charge >= 0.3 is 5.97 Å². The molecule has 1 aliphatic rings. The van der Waals surface area contributed by atoms with E-state index in [2.05, 4.69) is 12.2 Å². The van der Waals surface area contributed by atoms with Crippen LogP contribution in [0.2, 0.25) is 0 Å². The zero-order chi connectivity index (χ0) is 13.7. The van der Waals surface area contributed by atoms with Crippen LogP contribution in [0.5, 0.6) is 5.75 Å². The van der Waals surface area contributed by atoms with Crippen molar-refractivity contribution in [2.75, 3.05) is 13.7 Å². The first kappa shape index (κ1) is 13.9. The van der Waals surface area contributed by atoms with Gasteiger partial charge in [-0.2, -0.15) is 0 Å². The van der Waals surface area contributed by atoms with E-state index >= 15 is 0 Å². The van der Waals surface area contributed by atoms with Crippen LogP contribution in [0.3, 0.4) is 0 Å². The van der Waals surface area contributed by atoms with Gasteiger partial charge in [0.25, 0.3) is 0 Å². The molecule has 0 saturated carbocycles. The normalized spacial score (nSPS) is 22.8. The van der Waals surface area contributed by atoms with Gasteiger partial charge in [0, 0.05) is 6.04 Å². The Kier molecular flexibility index (Phi) is 4.80. The molecule has 1 fully saturated rings. The molecular formula is C15H21NO3. The van der Waals surface area contributed by atoms with Crippen molar-refractivity contribution in [2.24, 2.45) is 5.92 Å². The van der Waals surface area contributed by atoms with Crippen LogP contribution in [0.1, 0.15) is 25.3 Å². The third-order valence-electron chi connectivity index (χ3n) is 3.50. The molecule has 19 heavy (non-hydrogen) atoms. The smallest absolute Gasteiger partial charge is 0.309 e. The van der Waals surface area contributed by atoms with Crippen molar-refractivity contribution >= 4 is 5.97 Å². The van der Waals surface area contributed by atoms with E-state index in [0.717, 1.165) is 30.7 Å². The van der Waals surface area contributed by atoms with E-state index in [9.17, 15) is 4.79 Å². The van der Waals surface area contributed by atoms with E-state index in [1.54, 1.807) is 7.11 Å². The first-order chi connectivity index (χ1) is 9.19. The van der Waals surface area contributed by atoms with Crippen LogP contribution in [-0.2, 0) is 16.1 Å². The van der Waals surface area contributed by atoms with Crippen molar-refractivity contribution in [3.8, 4) is 5.75 Å². The van der Waals surface area contributed by atoms with Crippen molar-refractivity contribution in [3.05, 3.63) is 29.8 Å². The number of carbonyl (C=O) groups is 1. The second-order valence-corrected chi connectivity index (χ2v) is 5.03. The lowest BCUT2D eigenvalue weighted by molar-refractivity contribution is -0.151. The van der Waals surface area contributed by atoms with Crippen molar-refractivity contribution in [2.45, 2.75) is 32.4 Å². The summed E-state index contributed by atoms with van der Waals surface area (Å²) in [5.74, 6) is 0.765. The summed E-state index contributed by atoms with van der Waals surface area (Å²) in [5.41, 5.74) is 0.983. The predicted molar refractivity (Wildman–Crippen MR) is 73.0 cm³/mol. The number of nitrogens with one attached hydrogen (secondary N) is 1. The summed E-state index contributed by atoms with van der Waals surface area (Å²) in [4.78, 5) is 12.0. The third-order valence-corrected chi connectivity index (χ3v) is 3.50. The first-order valence-electron chi connectivity index (χ1n) is 6.72. The first-order valence-corrected chi connectivity index (χ1v) is 6.72. The maximum absolute atomic E-state index is 12.0. The van der Waals surface area contributed by atoms with Gasteiger partial charge < -0.3 is 14.8 Å². The van der Waals surface area contributed by atoms with Crippen LogP contribution in [0, 0.1) is 5.92 Å². The van der Waals surface area contributed by atoms with E-state index in [4.69, 9.17) is 9.47 Å². The number of piperidine rings is 1. The van der Waals surface area contributed by atoms with Gasteiger partial charge in [0.05, 0.1) is 13.0 Å². The van der Waals surface area contributed by atoms with Crippen LogP contribution in [0.25, 0.3) is 0 Å². The molecule has 104 valence electrons. The number of ether oxygens (including phenoxy) is 2. The van der Waals surface area contributed by atoms with Gasteiger partial charge in [-0.05, 0) is 44.0 Å². The average molecular weight is 263 g/mol. The molecule has 0 aliphatic carbocycles. The zero-order valence-electron chi connectivity index (χ0n) is 11.5. The molecule has 1 aromatic carbocycles. The molecule has 2 atom stereocenters. The van der Waals surface area contributed by atoms with E-state index in [-0.39, 0.29) is 11.9 Å². The fourth-order valence-corrected chi connectivity index (χ4v) is 2.34. The topological polar surface area (TPSA) is 47.6 Å². The number of rotatable bonds is 4. The van der Waals surface area contributed by atoms with Crippen molar-refractivity contribution in [1.29, 1.82) is 0 Å². The van der Waals surface area contributed by atoms with Crippen LogP contribution in [0.4, 0.5) is 0 Å². The molecule has 1 saturated heterocycles. The summed E-state index contributed by atoms with van der Waals surface area (Å²) < 4.78 is 10.5. The largest absolute Gasteiger partial charge is 0.497 e. The van der Waals surface area contributed by atoms with Crippen LogP contribution in [0.15, 0.2) is 24.3 Å². The zero-order valence-corrected chi connectivity index (χ0v) is 11.5. The summed E-state index contributed by atoms with van der Waals surface area (Å²) in [6, 6.07) is 7.96. The minimum atomic E-state index is -0.0795. The van der Waals surface area contributed by atoms with Crippen LogP contribution >= 0.6 is 0 Å². The molecule has 4 heteroatoms. The van der Waals surface area contributed by atoms with E-state index < -0.39 is 0 Å². The Morgan fingerprint density at radius 3 is 2.74 bits per heavy atom. The van der Waals surface area contributed by atoms with Gasteiger partial charge in [0.2, 0.25) is 0 Å². The summed E-state index contributed by atoms with van der Waals surface area (Å²) >= 11 is 0. The molecule has 1 N–H and O–H groups in total. The van der Waals surface area contributed by atoms with Crippen molar-refractivity contribution in [1.82, 2.24) is 5.32 Å². The Balaban J connectivity index is 1.82.